The predicted molar refractivity (Wildman–Crippen MR) is 144 cm³/mol. The topological polar surface area (TPSA) is 51.0 Å². The molecular weight excluding hydrogens is 543 g/mol. The fraction of sp³-hybridized carbons (Fsp3) is 0.321. The summed E-state index contributed by atoms with van der Waals surface area (Å²) in [5.41, 5.74) is 4.09. The number of piperidine rings is 1. The van der Waals surface area contributed by atoms with Crippen molar-refractivity contribution in [2.24, 2.45) is 0 Å². The molecular formula is C28H25BrClFN4O. The molecule has 0 unspecified atom stereocenters. The van der Waals surface area contributed by atoms with Gasteiger partial charge in [-0.05, 0) is 97.0 Å². The number of hydrogen-bond acceptors (Lipinski definition) is 4. The van der Waals surface area contributed by atoms with E-state index < -0.39 is 5.41 Å². The molecule has 0 atom stereocenters. The molecule has 0 N–H and O–H groups in total. The molecule has 2 aliphatic heterocycles. The molecule has 1 fully saturated rings. The number of pyridine rings is 1. The van der Waals surface area contributed by atoms with Gasteiger partial charge in [0.05, 0.1) is 32.7 Å². The molecule has 6 rings (SSSR count). The molecule has 2 aromatic heterocycles. The third-order valence-electron chi connectivity index (χ3n) is 7.68. The van der Waals surface area contributed by atoms with Gasteiger partial charge in [0.1, 0.15) is 11.6 Å². The van der Waals surface area contributed by atoms with Crippen molar-refractivity contribution in [3.05, 3.63) is 97.0 Å². The number of benzene rings is 2. The van der Waals surface area contributed by atoms with Gasteiger partial charge in [0.15, 0.2) is 0 Å². The van der Waals surface area contributed by atoms with E-state index >= 15 is 0 Å². The lowest BCUT2D eigenvalue weighted by atomic mass is 9.83. The number of hydrogen-bond donors (Lipinski definition) is 0. The first kappa shape index (κ1) is 23.8. The predicted octanol–water partition coefficient (Wildman–Crippen LogP) is 6.35. The number of rotatable bonds is 3. The molecule has 2 aliphatic rings. The summed E-state index contributed by atoms with van der Waals surface area (Å²) in [6.07, 6.45) is 3.62. The summed E-state index contributed by atoms with van der Waals surface area (Å²) in [4.78, 5) is 23.9. The van der Waals surface area contributed by atoms with Crippen molar-refractivity contribution in [3.8, 4) is 5.69 Å². The molecule has 4 aromatic rings. The van der Waals surface area contributed by atoms with Crippen LogP contribution in [0.15, 0.2) is 57.9 Å². The van der Waals surface area contributed by atoms with Gasteiger partial charge in [-0.2, -0.15) is 4.98 Å². The van der Waals surface area contributed by atoms with Gasteiger partial charge in [-0.1, -0.05) is 29.8 Å². The van der Waals surface area contributed by atoms with Crippen molar-refractivity contribution in [3.63, 3.8) is 0 Å². The van der Waals surface area contributed by atoms with E-state index in [1.54, 1.807) is 12.3 Å². The second-order valence-electron chi connectivity index (χ2n) is 10.2. The van der Waals surface area contributed by atoms with Gasteiger partial charge < -0.3 is 0 Å². The maximum Gasteiger partial charge on any atom is 0.282 e. The summed E-state index contributed by atoms with van der Waals surface area (Å²) in [7, 11) is 0. The summed E-state index contributed by atoms with van der Waals surface area (Å²) in [6.45, 7) is 6.51. The minimum atomic E-state index is -0.394. The Hall–Kier alpha value is -2.61. The van der Waals surface area contributed by atoms with Crippen LogP contribution in [0.3, 0.4) is 0 Å². The second kappa shape index (κ2) is 8.75. The van der Waals surface area contributed by atoms with Crippen LogP contribution in [-0.2, 0) is 12.0 Å². The van der Waals surface area contributed by atoms with Gasteiger partial charge in [-0.25, -0.2) is 4.39 Å². The van der Waals surface area contributed by atoms with Crippen molar-refractivity contribution in [2.75, 3.05) is 13.1 Å². The molecule has 0 aliphatic carbocycles. The van der Waals surface area contributed by atoms with Crippen molar-refractivity contribution in [2.45, 2.75) is 44.6 Å². The van der Waals surface area contributed by atoms with E-state index in [0.717, 1.165) is 48.5 Å². The third kappa shape index (κ3) is 3.80. The average molecular weight is 568 g/mol. The van der Waals surface area contributed by atoms with Crippen molar-refractivity contribution < 1.29 is 4.39 Å². The Kier molecular flexibility index (Phi) is 5.78. The SMILES string of the molecule is CC1(C)c2ccc(C3CCN(Cc4ncc(Br)cc4F)CC3)cc2-n2c1nc(=O)c1c(Cl)cccc12. The van der Waals surface area contributed by atoms with E-state index in [9.17, 15) is 9.18 Å². The lowest BCUT2D eigenvalue weighted by Crippen LogP contribution is -2.33. The highest BCUT2D eigenvalue weighted by Crippen LogP contribution is 2.44. The molecule has 2 aromatic carbocycles. The lowest BCUT2D eigenvalue weighted by Gasteiger charge is -2.32. The van der Waals surface area contributed by atoms with Crippen LogP contribution in [0.2, 0.25) is 5.02 Å². The highest BCUT2D eigenvalue weighted by atomic mass is 79.9. The Morgan fingerprint density at radius 1 is 1.17 bits per heavy atom. The zero-order chi connectivity index (χ0) is 25.2. The van der Waals surface area contributed by atoms with Crippen LogP contribution in [0.1, 0.15) is 55.3 Å². The van der Waals surface area contributed by atoms with Gasteiger partial charge in [0.25, 0.3) is 5.56 Å². The second-order valence-corrected chi connectivity index (χ2v) is 11.6. The maximum absolute atomic E-state index is 14.3. The summed E-state index contributed by atoms with van der Waals surface area (Å²) in [5, 5.41) is 0.880. The zero-order valence-electron chi connectivity index (χ0n) is 20.1. The number of nitrogens with zero attached hydrogens (tertiary/aromatic N) is 4. The van der Waals surface area contributed by atoms with Gasteiger partial charge >= 0.3 is 0 Å². The highest BCUT2D eigenvalue weighted by molar-refractivity contribution is 9.10. The molecule has 184 valence electrons. The quantitative estimate of drug-likeness (QED) is 0.289. The summed E-state index contributed by atoms with van der Waals surface area (Å²) in [5.74, 6) is 0.877. The van der Waals surface area contributed by atoms with Crippen LogP contribution in [0.5, 0.6) is 0 Å². The molecule has 0 spiro atoms. The lowest BCUT2D eigenvalue weighted by molar-refractivity contribution is 0.200. The molecule has 0 amide bonds. The molecule has 1 saturated heterocycles. The van der Waals surface area contributed by atoms with Gasteiger partial charge in [-0.3, -0.25) is 19.2 Å². The molecule has 4 heterocycles. The Labute approximate surface area is 222 Å². The summed E-state index contributed by atoms with van der Waals surface area (Å²) in [6, 6.07) is 13.7. The normalized spacial score (nSPS) is 17.4. The molecule has 8 heteroatoms. The maximum atomic E-state index is 14.3. The van der Waals surface area contributed by atoms with Crippen LogP contribution in [0.25, 0.3) is 16.6 Å². The Morgan fingerprint density at radius 2 is 1.94 bits per heavy atom. The van der Waals surface area contributed by atoms with Gasteiger partial charge in [0.2, 0.25) is 0 Å². The van der Waals surface area contributed by atoms with Crippen molar-refractivity contribution in [1.82, 2.24) is 19.4 Å². The fourth-order valence-electron chi connectivity index (χ4n) is 5.72. The molecule has 0 saturated carbocycles. The van der Waals surface area contributed by atoms with E-state index in [4.69, 9.17) is 11.6 Å². The van der Waals surface area contributed by atoms with Crippen LogP contribution >= 0.6 is 27.5 Å². The molecule has 0 radical (unpaired) electrons. The van der Waals surface area contributed by atoms with E-state index in [1.807, 2.05) is 12.1 Å². The Bertz CT molecular complexity index is 1580. The molecule has 0 bridgehead atoms. The standard InChI is InChI=1S/C28H25BrClFN4O/c1-28(2)19-7-6-17(16-8-10-34(11-9-16)15-22-21(31)13-18(29)14-32-22)12-24(19)35-23-5-3-4-20(30)25(23)26(36)33-27(28)35/h3-7,12-14,16H,8-11,15H2,1-2H3. The van der Waals surface area contributed by atoms with E-state index in [2.05, 4.69) is 67.4 Å². The van der Waals surface area contributed by atoms with Crippen LogP contribution in [0.4, 0.5) is 4.39 Å². The first-order valence-corrected chi connectivity index (χ1v) is 13.3. The molecule has 36 heavy (non-hydrogen) atoms. The highest BCUT2D eigenvalue weighted by Gasteiger charge is 2.39. The number of fused-ring (bicyclic) bond motifs is 5. The van der Waals surface area contributed by atoms with Crippen molar-refractivity contribution in [1.29, 1.82) is 0 Å². The minimum Gasteiger partial charge on any atom is -0.297 e. The Morgan fingerprint density at radius 3 is 2.69 bits per heavy atom. The zero-order valence-corrected chi connectivity index (χ0v) is 22.4. The smallest absolute Gasteiger partial charge is 0.282 e. The molecule has 5 nitrogen and oxygen atoms in total. The number of likely N-dealkylation sites (tertiary alicyclic amines) is 1. The number of aromatic nitrogens is 3. The van der Waals surface area contributed by atoms with Gasteiger partial charge in [0, 0.05) is 17.2 Å². The third-order valence-corrected chi connectivity index (χ3v) is 8.43. The fourth-order valence-corrected chi connectivity index (χ4v) is 6.28. The Balaban J connectivity index is 1.31. The van der Waals surface area contributed by atoms with Crippen molar-refractivity contribution >= 4 is 38.4 Å². The first-order chi connectivity index (χ1) is 17.2. The van der Waals surface area contributed by atoms with Crippen LogP contribution in [-0.4, -0.2) is 32.5 Å². The van der Waals surface area contributed by atoms with Gasteiger partial charge in [-0.15, -0.1) is 0 Å². The minimum absolute atomic E-state index is 0.273. The average Bonchev–Trinajstić information content (AvgIpc) is 3.07. The van der Waals surface area contributed by atoms with Crippen LogP contribution in [0, 0.1) is 5.82 Å². The van der Waals surface area contributed by atoms with E-state index in [-0.39, 0.29) is 11.4 Å². The number of halogens is 3. The summed E-state index contributed by atoms with van der Waals surface area (Å²) < 4.78 is 17.0. The monoisotopic (exact) mass is 566 g/mol. The summed E-state index contributed by atoms with van der Waals surface area (Å²) >= 11 is 9.69. The first-order valence-electron chi connectivity index (χ1n) is 12.1. The van der Waals surface area contributed by atoms with E-state index in [0.29, 0.717) is 33.0 Å². The largest absolute Gasteiger partial charge is 0.297 e. The van der Waals surface area contributed by atoms with Crippen LogP contribution < -0.4 is 5.56 Å². The van der Waals surface area contributed by atoms with E-state index in [1.165, 1.54) is 11.6 Å².